The number of hydrazone groups is 1. The van der Waals surface area contributed by atoms with Gasteiger partial charge in [0.25, 0.3) is 11.8 Å². The van der Waals surface area contributed by atoms with Crippen LogP contribution in [0.1, 0.15) is 54.6 Å². The molecule has 1 aliphatic rings. The highest BCUT2D eigenvalue weighted by molar-refractivity contribution is 6.39. The molecule has 2 N–H and O–H groups in total. The van der Waals surface area contributed by atoms with Crippen LogP contribution in [0.15, 0.2) is 59.7 Å². The highest BCUT2D eigenvalue weighted by Crippen LogP contribution is 2.14. The fraction of sp³-hybridized carbons (Fsp3) is 0.333. The Morgan fingerprint density at radius 1 is 1.03 bits per heavy atom. The van der Waals surface area contributed by atoms with Gasteiger partial charge in [-0.2, -0.15) is 5.10 Å². The minimum absolute atomic E-state index is 0.0968. The molecule has 1 atom stereocenters. The summed E-state index contributed by atoms with van der Waals surface area (Å²) < 4.78 is 0. The topological polar surface area (TPSA) is 90.9 Å². The molecule has 7 heteroatoms. The molecule has 3 rings (SSSR count). The summed E-state index contributed by atoms with van der Waals surface area (Å²) in [6, 6.07) is 16.8. The van der Waals surface area contributed by atoms with Crippen molar-refractivity contribution in [3.8, 4) is 0 Å². The Labute approximate surface area is 182 Å². The number of hydrogen-bond acceptors (Lipinski definition) is 4. The van der Waals surface area contributed by atoms with Crippen molar-refractivity contribution in [2.75, 3.05) is 0 Å². The molecule has 2 aromatic rings. The van der Waals surface area contributed by atoms with Crippen LogP contribution in [0, 0.1) is 0 Å². The van der Waals surface area contributed by atoms with E-state index < -0.39 is 0 Å². The number of hydrogen-bond donors (Lipinski definition) is 2. The van der Waals surface area contributed by atoms with Crippen molar-refractivity contribution >= 4 is 23.4 Å². The molecule has 0 aliphatic carbocycles. The lowest BCUT2D eigenvalue weighted by Crippen LogP contribution is -2.38. The van der Waals surface area contributed by atoms with E-state index in [2.05, 4.69) is 15.7 Å². The van der Waals surface area contributed by atoms with Gasteiger partial charge in [-0.3, -0.25) is 14.4 Å². The zero-order chi connectivity index (χ0) is 22.2. The molecular formula is C24H28N4O3. The maximum atomic E-state index is 12.6. The summed E-state index contributed by atoms with van der Waals surface area (Å²) in [6.07, 6.45) is 1.42. The first-order valence-corrected chi connectivity index (χ1v) is 10.6. The summed E-state index contributed by atoms with van der Waals surface area (Å²) in [5.41, 5.74) is 2.66. The van der Waals surface area contributed by atoms with E-state index in [0.29, 0.717) is 24.2 Å². The van der Waals surface area contributed by atoms with Crippen LogP contribution in [0.3, 0.4) is 0 Å². The van der Waals surface area contributed by atoms with Gasteiger partial charge in [-0.25, -0.2) is 5.01 Å². The second-order valence-electron chi connectivity index (χ2n) is 7.65. The lowest BCUT2D eigenvalue weighted by atomic mass is 10.1. The van der Waals surface area contributed by atoms with Gasteiger partial charge in [-0.15, -0.1) is 0 Å². The maximum Gasteiger partial charge on any atom is 0.267 e. The molecule has 0 saturated carbocycles. The Bertz CT molecular complexity index is 972. The number of nitrogens with one attached hydrogen (secondary N) is 2. The van der Waals surface area contributed by atoms with Crippen molar-refractivity contribution in [2.45, 2.75) is 52.2 Å². The molecule has 0 fully saturated rings. The fourth-order valence-electron chi connectivity index (χ4n) is 3.16. The number of benzene rings is 2. The maximum absolute atomic E-state index is 12.6. The molecule has 0 radical (unpaired) electrons. The average Bonchev–Trinajstić information content (AvgIpc) is 2.79. The van der Waals surface area contributed by atoms with Crippen LogP contribution in [0.5, 0.6) is 0 Å². The van der Waals surface area contributed by atoms with E-state index >= 15 is 0 Å². The summed E-state index contributed by atoms with van der Waals surface area (Å²) in [5, 5.41) is 11.4. The third-order valence-corrected chi connectivity index (χ3v) is 5.17. The number of amides is 3. The van der Waals surface area contributed by atoms with Crippen molar-refractivity contribution in [3.63, 3.8) is 0 Å². The summed E-state index contributed by atoms with van der Waals surface area (Å²) in [7, 11) is 0. The van der Waals surface area contributed by atoms with E-state index in [4.69, 9.17) is 0 Å². The lowest BCUT2D eigenvalue weighted by molar-refractivity contribution is -0.132. The summed E-state index contributed by atoms with van der Waals surface area (Å²) in [4.78, 5) is 37.1. The molecule has 3 amide bonds. The minimum atomic E-state index is -0.306. The Balaban J connectivity index is 1.61. The number of nitrogens with zero attached hydrogens (tertiary/aromatic N) is 2. The average molecular weight is 421 g/mol. The van der Waals surface area contributed by atoms with Crippen molar-refractivity contribution in [1.82, 2.24) is 15.6 Å². The number of carbonyl (C=O) groups is 3. The Morgan fingerprint density at radius 3 is 2.52 bits per heavy atom. The molecule has 1 heterocycles. The van der Waals surface area contributed by atoms with Crippen molar-refractivity contribution in [1.29, 1.82) is 0 Å². The molecule has 7 nitrogen and oxygen atoms in total. The van der Waals surface area contributed by atoms with Gasteiger partial charge in [0, 0.05) is 31.0 Å². The molecule has 1 unspecified atom stereocenters. The zero-order valence-corrected chi connectivity index (χ0v) is 17.9. The van der Waals surface area contributed by atoms with Crippen LogP contribution in [0.4, 0.5) is 0 Å². The molecule has 0 aromatic heterocycles. The van der Waals surface area contributed by atoms with E-state index in [1.54, 1.807) is 18.2 Å². The third-order valence-electron chi connectivity index (χ3n) is 5.17. The van der Waals surface area contributed by atoms with E-state index in [-0.39, 0.29) is 36.7 Å². The van der Waals surface area contributed by atoms with E-state index in [1.165, 1.54) is 5.01 Å². The Kier molecular flexibility index (Phi) is 7.54. The quantitative estimate of drug-likeness (QED) is 0.688. The monoisotopic (exact) mass is 420 g/mol. The van der Waals surface area contributed by atoms with Crippen LogP contribution < -0.4 is 10.6 Å². The standard InChI is InChI=1S/C24H28N4O3/c1-3-17(2)26-23(30)20-11-7-10-19(14-20)15-25-24(31)21-12-13-22(29)28(27-21)16-18-8-5-4-6-9-18/h4-11,14,17H,3,12-13,15-16H2,1-2H3,(H,25,31)(H,26,30). The van der Waals surface area contributed by atoms with Crippen LogP contribution in [0.2, 0.25) is 0 Å². The smallest absolute Gasteiger partial charge is 0.267 e. The Hall–Kier alpha value is -3.48. The molecule has 0 spiro atoms. The number of rotatable bonds is 8. The second-order valence-corrected chi connectivity index (χ2v) is 7.65. The van der Waals surface area contributed by atoms with E-state index in [0.717, 1.165) is 17.5 Å². The highest BCUT2D eigenvalue weighted by Gasteiger charge is 2.24. The van der Waals surface area contributed by atoms with Gasteiger partial charge in [0.15, 0.2) is 0 Å². The van der Waals surface area contributed by atoms with Crippen molar-refractivity contribution < 1.29 is 14.4 Å². The van der Waals surface area contributed by atoms with E-state index in [9.17, 15) is 14.4 Å². The van der Waals surface area contributed by atoms with Gasteiger partial charge in [0.05, 0.1) is 6.54 Å². The first-order valence-electron chi connectivity index (χ1n) is 10.6. The van der Waals surface area contributed by atoms with Gasteiger partial charge in [0.1, 0.15) is 5.71 Å². The zero-order valence-electron chi connectivity index (χ0n) is 17.9. The molecule has 2 aromatic carbocycles. The molecule has 1 aliphatic heterocycles. The van der Waals surface area contributed by atoms with Crippen LogP contribution >= 0.6 is 0 Å². The SMILES string of the molecule is CCC(C)NC(=O)c1cccc(CNC(=O)C2=NN(Cc3ccccc3)C(=O)CC2)c1. The minimum Gasteiger partial charge on any atom is -0.350 e. The lowest BCUT2D eigenvalue weighted by Gasteiger charge is -2.23. The molecule has 31 heavy (non-hydrogen) atoms. The van der Waals surface area contributed by atoms with Gasteiger partial charge >= 0.3 is 0 Å². The summed E-state index contributed by atoms with van der Waals surface area (Å²) >= 11 is 0. The van der Waals surface area contributed by atoms with Gasteiger partial charge in [-0.1, -0.05) is 49.4 Å². The number of carbonyl (C=O) groups excluding carboxylic acids is 3. The molecule has 162 valence electrons. The van der Waals surface area contributed by atoms with Crippen LogP contribution in [0.25, 0.3) is 0 Å². The first kappa shape index (κ1) is 22.2. The first-order chi connectivity index (χ1) is 15.0. The van der Waals surface area contributed by atoms with Gasteiger partial charge < -0.3 is 10.6 Å². The summed E-state index contributed by atoms with van der Waals surface area (Å²) in [5.74, 6) is -0.533. The highest BCUT2D eigenvalue weighted by atomic mass is 16.2. The van der Waals surface area contributed by atoms with Crippen molar-refractivity contribution in [3.05, 3.63) is 71.3 Å². The fourth-order valence-corrected chi connectivity index (χ4v) is 3.16. The normalized spacial score (nSPS) is 14.6. The predicted molar refractivity (Wildman–Crippen MR) is 119 cm³/mol. The van der Waals surface area contributed by atoms with Gasteiger partial charge in [-0.05, 0) is 36.6 Å². The Morgan fingerprint density at radius 2 is 1.77 bits per heavy atom. The molecule has 0 bridgehead atoms. The van der Waals surface area contributed by atoms with Crippen molar-refractivity contribution in [2.24, 2.45) is 5.10 Å². The van der Waals surface area contributed by atoms with Crippen LogP contribution in [-0.4, -0.2) is 34.5 Å². The molecular weight excluding hydrogens is 392 g/mol. The summed E-state index contributed by atoms with van der Waals surface area (Å²) in [6.45, 7) is 4.58. The van der Waals surface area contributed by atoms with Gasteiger partial charge in [0.2, 0.25) is 5.91 Å². The van der Waals surface area contributed by atoms with E-state index in [1.807, 2.05) is 50.2 Å². The van der Waals surface area contributed by atoms with Crippen LogP contribution in [-0.2, 0) is 22.7 Å². The molecule has 0 saturated heterocycles. The largest absolute Gasteiger partial charge is 0.350 e. The predicted octanol–water partition coefficient (Wildman–Crippen LogP) is 3.01. The third kappa shape index (κ3) is 6.25. The second kappa shape index (κ2) is 10.5.